The Labute approximate surface area is 766 Å². The summed E-state index contributed by atoms with van der Waals surface area (Å²) in [6, 6.07) is 0. The van der Waals surface area contributed by atoms with E-state index in [-0.39, 0.29) is 130 Å². The fraction of sp³-hybridized carbons (Fsp3) is 0.753. The molecule has 1 fully saturated rings. The molecule has 49 nitrogen and oxygen atoms in total. The lowest BCUT2D eigenvalue weighted by molar-refractivity contribution is -0.150. The number of hydrogen-bond donors (Lipinski definition) is 7. The first-order chi connectivity index (χ1) is 62.2. The summed E-state index contributed by atoms with van der Waals surface area (Å²) < 4.78 is 46.9. The monoisotopic (exact) mass is 1900 g/mol. The van der Waals surface area contributed by atoms with Crippen molar-refractivity contribution in [3.63, 3.8) is 0 Å². The summed E-state index contributed by atoms with van der Waals surface area (Å²) in [5, 5.41) is 52.3. The Kier molecular flexibility index (Phi) is 62.0. The number of primary amides is 1. The molecule has 0 bridgehead atoms. The molecule has 1 saturated heterocycles. The number of methoxy groups -OCH3 is 8. The van der Waals surface area contributed by atoms with Gasteiger partial charge in [0, 0.05) is 186 Å². The third-order valence-electron chi connectivity index (χ3n) is 19.8. The van der Waals surface area contributed by atoms with E-state index in [9.17, 15) is 121 Å². The highest BCUT2D eigenvalue weighted by atomic mass is 32.2. The van der Waals surface area contributed by atoms with Crippen LogP contribution in [0.2, 0.25) is 0 Å². The molecule has 0 aromatic carbocycles. The van der Waals surface area contributed by atoms with E-state index < -0.39 is 275 Å². The number of carbonyl (C=O) groups is 20. The minimum absolute atomic E-state index is 0.000767. The summed E-state index contributed by atoms with van der Waals surface area (Å²) in [6.45, 7) is -11.6. The van der Waals surface area contributed by atoms with Crippen LogP contribution in [0.25, 0.3) is 0 Å². The Morgan fingerprint density at radius 3 is 0.878 bits per heavy atom. The van der Waals surface area contributed by atoms with Crippen LogP contribution in [0.3, 0.4) is 0 Å². The van der Waals surface area contributed by atoms with Crippen LogP contribution in [0.4, 0.5) is 0 Å². The number of thioether (sulfide) groups is 1. The number of aliphatic hydroxyl groups is 1. The van der Waals surface area contributed by atoms with Crippen molar-refractivity contribution in [2.24, 2.45) is 17.6 Å². The van der Waals surface area contributed by atoms with E-state index in [0.29, 0.717) is 43.3 Å². The molecule has 1 aliphatic heterocycles. The largest absolute Gasteiger partial charge is 0.481 e. The number of carboxylic acids is 4. The molecular weight excluding hydrogens is 1760 g/mol. The van der Waals surface area contributed by atoms with Crippen LogP contribution in [-0.2, 0) is 139 Å². The summed E-state index contributed by atoms with van der Waals surface area (Å²) >= 11 is 1.34. The number of imide groups is 1. The number of ether oxygens (including phenoxy) is 9. The molecule has 0 radical (unpaired) electrons. The lowest BCUT2D eigenvalue weighted by Gasteiger charge is -2.33. The number of carboxylic acid groups (broad SMARTS) is 4. The van der Waals surface area contributed by atoms with Crippen molar-refractivity contribution < 1.29 is 164 Å². The van der Waals surface area contributed by atoms with Gasteiger partial charge in [-0.1, -0.05) is 20.3 Å². The molecule has 2 atom stereocenters. The van der Waals surface area contributed by atoms with E-state index in [1.165, 1.54) is 73.5 Å². The van der Waals surface area contributed by atoms with Crippen molar-refractivity contribution in [2.45, 2.75) is 84.2 Å². The van der Waals surface area contributed by atoms with Crippen LogP contribution in [0.15, 0.2) is 0 Å². The topological polar surface area (TPSA) is 606 Å². The number of nitrogens with zero attached hydrogens (tertiary/aromatic N) is 13. The average molecular weight is 1900 g/mol. The zero-order valence-electron chi connectivity index (χ0n) is 77.0. The Bertz CT molecular complexity index is 3650. The highest BCUT2D eigenvalue weighted by molar-refractivity contribution is 7.99. The molecule has 8 N–H and O–H groups in total. The van der Waals surface area contributed by atoms with Crippen molar-refractivity contribution in [1.29, 1.82) is 0 Å². The van der Waals surface area contributed by atoms with Crippen molar-refractivity contribution in [2.75, 3.05) is 305 Å². The number of carbonyl (C=O) groups excluding carboxylic acids is 16. The van der Waals surface area contributed by atoms with Gasteiger partial charge in [0.05, 0.1) is 176 Å². The second-order valence-electron chi connectivity index (χ2n) is 30.6. The second kappa shape index (κ2) is 68.6. The van der Waals surface area contributed by atoms with E-state index >= 15 is 0 Å². The van der Waals surface area contributed by atoms with E-state index in [1.807, 2.05) is 13.8 Å². The molecule has 0 aromatic heterocycles. The van der Waals surface area contributed by atoms with Crippen LogP contribution in [0.1, 0.15) is 78.1 Å². The minimum Gasteiger partial charge on any atom is -0.481 e. The first-order valence-electron chi connectivity index (χ1n) is 42.6. The molecule has 131 heavy (non-hydrogen) atoms. The average Bonchev–Trinajstić information content (AvgIpc) is 1.65. The third kappa shape index (κ3) is 51.2. The molecule has 0 aromatic rings. The molecule has 1 rings (SSSR count). The van der Waals surface area contributed by atoms with Crippen molar-refractivity contribution in [3.8, 4) is 0 Å². The Morgan fingerprint density at radius 2 is 0.626 bits per heavy atom. The zero-order chi connectivity index (χ0) is 98.5. The molecule has 1 heterocycles. The van der Waals surface area contributed by atoms with E-state index in [0.717, 1.165) is 58.8 Å². The van der Waals surface area contributed by atoms with Gasteiger partial charge in [-0.25, -0.2) is 0 Å². The number of aliphatic carboxylic acids is 4. The number of amides is 16. The molecular formula is C81H137N15O34S. The van der Waals surface area contributed by atoms with E-state index in [4.69, 9.17) is 48.4 Å². The van der Waals surface area contributed by atoms with Gasteiger partial charge in [0.2, 0.25) is 94.5 Å². The van der Waals surface area contributed by atoms with Gasteiger partial charge in [0.1, 0.15) is 0 Å². The SMILES string of the molecule is COCCN(CC(N)=O)C(=O)CN(CCOC)C(=O)CN(CCOC)C(=O)CN(CCC(=O)O)C(=O)CN(CCOC)C(=O)CN(CCC(=O)O)C(=O)CN(CCOC)C(=O)CN(CCC(=O)O)C(=O)CN(CCOC)C(=O)CN(CCC(=O)O)C(=O)CN(CCOC)C(=O)CN(CCOC)C(=O)CCCCCNC(=O)CCN1C(=O)CC(CSCC(O)COCC(C)C)C1=O. The third-order valence-corrected chi connectivity index (χ3v) is 21.0. The number of nitrogens with two attached hydrogens (primary N) is 1. The maximum absolute atomic E-state index is 14.6. The quantitative estimate of drug-likeness (QED) is 0.0220. The molecule has 746 valence electrons. The van der Waals surface area contributed by atoms with Gasteiger partial charge in [0.15, 0.2) is 0 Å². The Morgan fingerprint density at radius 1 is 0.366 bits per heavy atom. The number of hydrogen-bond acceptors (Lipinski definition) is 31. The summed E-state index contributed by atoms with van der Waals surface area (Å²) in [6.07, 6.45) is -2.89. The highest BCUT2D eigenvalue weighted by Crippen LogP contribution is 2.25. The second-order valence-corrected chi connectivity index (χ2v) is 31.7. The molecule has 16 amide bonds. The predicted octanol–water partition coefficient (Wildman–Crippen LogP) is -6.31. The lowest BCUT2D eigenvalue weighted by atomic mass is 10.1. The maximum Gasteiger partial charge on any atom is 0.305 e. The summed E-state index contributed by atoms with van der Waals surface area (Å²) in [4.78, 5) is 282. The van der Waals surface area contributed by atoms with Crippen LogP contribution in [-0.4, -0.2) is 518 Å². The summed E-state index contributed by atoms with van der Waals surface area (Å²) in [5.41, 5.74) is 5.37. The van der Waals surface area contributed by atoms with Crippen molar-refractivity contribution in [3.05, 3.63) is 0 Å². The Hall–Kier alpha value is -10.4. The van der Waals surface area contributed by atoms with Gasteiger partial charge in [-0.3, -0.25) is 101 Å². The van der Waals surface area contributed by atoms with Gasteiger partial charge in [-0.05, 0) is 18.8 Å². The normalized spacial score (nSPS) is 12.5. The number of likely N-dealkylation sites (tertiary alicyclic amines) is 1. The highest BCUT2D eigenvalue weighted by Gasteiger charge is 2.40. The van der Waals surface area contributed by atoms with Gasteiger partial charge in [-0.15, -0.1) is 0 Å². The van der Waals surface area contributed by atoms with Crippen molar-refractivity contribution >= 4 is 130 Å². The lowest BCUT2D eigenvalue weighted by Crippen LogP contribution is -2.54. The molecule has 0 aliphatic carbocycles. The predicted molar refractivity (Wildman–Crippen MR) is 462 cm³/mol. The standard InChI is InChI=1S/C81H137N15O34S/c1-59(2)55-130-56-61(97)58-131-57-60-42-65(101)96(81(60)121)25-15-63(99)83-20-13-11-12-14-64(100)89(27-35-123-4)48-75(111)93(31-39-127-8)52-69(105)86(23-18-79(117)118)46-73(109)91(29-37-125-6)50-67(103)84(21-16-77(113)114)44-71(107)90(28-36-124-5)49-66(102)85(22-17-78(115)116)45-72(108)92(30-38-126-7)51-68(104)87(24-19-80(119)120)47-74(110)95(33-41-129-10)54-76(112)94(32-40-128-9)53-70(106)88(26-34-122-3)43-62(82)98/h59-61,97H,11-58H2,1-10H3,(H2,82,98)(H,83,99)(H,113,114)(H,115,116)(H,117,118)(H,119,120). The molecule has 50 heteroatoms. The number of aliphatic hydroxyl groups excluding tert-OH is 1. The van der Waals surface area contributed by atoms with Gasteiger partial charge in [-0.2, -0.15) is 11.8 Å². The van der Waals surface area contributed by atoms with Crippen molar-refractivity contribution in [1.82, 2.24) is 69.0 Å². The van der Waals surface area contributed by atoms with Crippen LogP contribution < -0.4 is 11.1 Å². The number of rotatable bonds is 77. The molecule has 0 saturated carbocycles. The van der Waals surface area contributed by atoms with E-state index in [2.05, 4.69) is 5.32 Å². The number of nitrogens with one attached hydrogen (secondary N) is 1. The van der Waals surface area contributed by atoms with Gasteiger partial charge in [0.25, 0.3) is 0 Å². The van der Waals surface area contributed by atoms with Crippen LogP contribution in [0, 0.1) is 11.8 Å². The number of unbranched alkanes of at least 4 members (excludes halogenated alkanes) is 2. The fourth-order valence-corrected chi connectivity index (χ4v) is 13.4. The molecule has 2 unspecified atom stereocenters. The van der Waals surface area contributed by atoms with Crippen LogP contribution >= 0.6 is 11.8 Å². The molecule has 0 spiro atoms. The smallest absolute Gasteiger partial charge is 0.305 e. The van der Waals surface area contributed by atoms with Crippen LogP contribution in [0.5, 0.6) is 0 Å². The van der Waals surface area contributed by atoms with E-state index in [1.54, 1.807) is 0 Å². The Balaban J connectivity index is 3.52. The minimum atomic E-state index is -1.47. The first-order valence-corrected chi connectivity index (χ1v) is 43.8. The maximum atomic E-state index is 14.6. The molecule has 1 aliphatic rings. The van der Waals surface area contributed by atoms with Gasteiger partial charge >= 0.3 is 23.9 Å². The summed E-state index contributed by atoms with van der Waals surface area (Å²) in [5.74, 6) is -18.6. The fourth-order valence-electron chi connectivity index (χ4n) is 12.3. The first kappa shape index (κ1) is 119. The zero-order valence-corrected chi connectivity index (χ0v) is 77.9. The summed E-state index contributed by atoms with van der Waals surface area (Å²) in [7, 11) is 10.3. The van der Waals surface area contributed by atoms with Gasteiger partial charge < -0.3 is 138 Å².